The highest BCUT2D eigenvalue weighted by Crippen LogP contribution is 2.13. The lowest BCUT2D eigenvalue weighted by molar-refractivity contribution is 0.392. The molecule has 1 unspecified atom stereocenters. The van der Waals surface area contributed by atoms with E-state index in [0.717, 1.165) is 55.2 Å². The van der Waals surface area contributed by atoms with Crippen LogP contribution in [0, 0.1) is 13.8 Å². The molecule has 3 aromatic rings. The summed E-state index contributed by atoms with van der Waals surface area (Å²) in [5.74, 6) is 4.40. The number of aryl methyl sites for hydroxylation is 3. The minimum atomic E-state index is 0. The fourth-order valence-corrected chi connectivity index (χ4v) is 3.86. The molecule has 156 valence electrons. The number of fused-ring (bicyclic) bond motifs is 1. The summed E-state index contributed by atoms with van der Waals surface area (Å²) in [5.41, 5.74) is 0. The molecule has 29 heavy (non-hydrogen) atoms. The highest BCUT2D eigenvalue weighted by Gasteiger charge is 2.21. The van der Waals surface area contributed by atoms with Crippen molar-refractivity contribution in [1.82, 2.24) is 40.2 Å². The van der Waals surface area contributed by atoms with E-state index in [2.05, 4.69) is 48.4 Å². The van der Waals surface area contributed by atoms with Crippen LogP contribution in [0.15, 0.2) is 22.5 Å². The van der Waals surface area contributed by atoms with Gasteiger partial charge in [0.15, 0.2) is 11.8 Å². The molecule has 0 saturated carbocycles. The minimum Gasteiger partial charge on any atom is -0.352 e. The van der Waals surface area contributed by atoms with Crippen molar-refractivity contribution >= 4 is 41.3 Å². The number of halogens is 1. The van der Waals surface area contributed by atoms with E-state index in [9.17, 15) is 0 Å². The van der Waals surface area contributed by atoms with Crippen LogP contribution >= 0.6 is 35.3 Å². The third kappa shape index (κ3) is 5.32. The van der Waals surface area contributed by atoms with Gasteiger partial charge in [-0.3, -0.25) is 0 Å². The predicted molar refractivity (Wildman–Crippen MR) is 123 cm³/mol. The molecule has 0 bridgehead atoms. The highest BCUT2D eigenvalue weighted by atomic mass is 127. The van der Waals surface area contributed by atoms with Gasteiger partial charge >= 0.3 is 0 Å². The number of aromatic nitrogens is 6. The van der Waals surface area contributed by atoms with Gasteiger partial charge < -0.3 is 15.2 Å². The fraction of sp³-hybridized carbons (Fsp3) is 0.500. The first-order valence-electron chi connectivity index (χ1n) is 9.41. The van der Waals surface area contributed by atoms with Gasteiger partial charge in [0.05, 0.1) is 13.1 Å². The summed E-state index contributed by atoms with van der Waals surface area (Å²) in [7, 11) is 1.96. The number of guanidine groups is 1. The van der Waals surface area contributed by atoms with Crippen LogP contribution in [0.4, 0.5) is 0 Å². The summed E-state index contributed by atoms with van der Waals surface area (Å²) in [5, 5.41) is 21.9. The number of thiophene rings is 1. The second-order valence-corrected chi connectivity index (χ2v) is 7.99. The molecule has 1 aliphatic heterocycles. The SMILES string of the molecule is Cc1nc2n(n1)CC(NC(=NCc1nnc(C)n1C)NCc1cccs1)CC2.I. The number of aliphatic imine (C=N–C) groups is 1. The van der Waals surface area contributed by atoms with Crippen molar-refractivity contribution in [2.24, 2.45) is 12.0 Å². The molecule has 0 aliphatic carbocycles. The van der Waals surface area contributed by atoms with Crippen molar-refractivity contribution in [3.8, 4) is 0 Å². The van der Waals surface area contributed by atoms with Crippen LogP contribution in [0.3, 0.4) is 0 Å². The molecule has 1 atom stereocenters. The molecule has 0 saturated heterocycles. The number of nitrogens with zero attached hydrogens (tertiary/aromatic N) is 7. The molecule has 0 amide bonds. The summed E-state index contributed by atoms with van der Waals surface area (Å²) in [6.45, 7) is 5.87. The zero-order valence-corrected chi connectivity index (χ0v) is 19.9. The lowest BCUT2D eigenvalue weighted by Crippen LogP contribution is -2.47. The van der Waals surface area contributed by atoms with Crippen molar-refractivity contribution in [3.63, 3.8) is 0 Å². The molecular weight excluding hydrogens is 501 g/mol. The second-order valence-electron chi connectivity index (χ2n) is 6.96. The van der Waals surface area contributed by atoms with Crippen LogP contribution in [0.25, 0.3) is 0 Å². The average molecular weight is 527 g/mol. The number of nitrogens with one attached hydrogen (secondary N) is 2. The Balaban J connectivity index is 0.00000240. The van der Waals surface area contributed by atoms with Crippen molar-refractivity contribution in [3.05, 3.63) is 45.7 Å². The van der Waals surface area contributed by atoms with E-state index in [1.165, 1.54) is 4.88 Å². The smallest absolute Gasteiger partial charge is 0.192 e. The zero-order valence-electron chi connectivity index (χ0n) is 16.8. The van der Waals surface area contributed by atoms with Crippen LogP contribution in [-0.4, -0.2) is 41.5 Å². The molecular formula is C18H26IN9S. The van der Waals surface area contributed by atoms with Gasteiger partial charge in [-0.05, 0) is 31.7 Å². The summed E-state index contributed by atoms with van der Waals surface area (Å²) < 4.78 is 3.96. The Kier molecular flexibility index (Phi) is 7.22. The monoisotopic (exact) mass is 527 g/mol. The van der Waals surface area contributed by atoms with Crippen LogP contribution in [-0.2, 0) is 33.1 Å². The second kappa shape index (κ2) is 9.65. The normalized spacial score (nSPS) is 16.2. The topological polar surface area (TPSA) is 97.8 Å². The maximum atomic E-state index is 4.75. The third-order valence-electron chi connectivity index (χ3n) is 4.88. The maximum Gasteiger partial charge on any atom is 0.192 e. The Bertz CT molecular complexity index is 960. The Morgan fingerprint density at radius 2 is 2.21 bits per heavy atom. The Morgan fingerprint density at radius 1 is 1.34 bits per heavy atom. The van der Waals surface area contributed by atoms with Crippen molar-refractivity contribution in [2.45, 2.75) is 52.4 Å². The standard InChI is InChI=1S/C18H25N9S.HI/c1-12-21-16-7-6-14(11-27(16)25-12)22-18(19-9-15-5-4-8-28-15)20-10-17-24-23-13(2)26(17)3;/h4-5,8,14H,6-7,9-11H2,1-3H3,(H2,19,20,22);1H. The summed E-state index contributed by atoms with van der Waals surface area (Å²) in [6.07, 6.45) is 1.92. The number of rotatable bonds is 5. The van der Waals surface area contributed by atoms with Crippen molar-refractivity contribution < 1.29 is 0 Å². The first-order valence-corrected chi connectivity index (χ1v) is 10.3. The maximum absolute atomic E-state index is 4.75. The Labute approximate surface area is 191 Å². The molecule has 0 radical (unpaired) electrons. The summed E-state index contributed by atoms with van der Waals surface area (Å²) >= 11 is 1.73. The quantitative estimate of drug-likeness (QED) is 0.299. The Morgan fingerprint density at radius 3 is 2.93 bits per heavy atom. The van der Waals surface area contributed by atoms with Crippen LogP contribution in [0.2, 0.25) is 0 Å². The van der Waals surface area contributed by atoms with Gasteiger partial charge in [-0.25, -0.2) is 14.7 Å². The van der Waals surface area contributed by atoms with Crippen LogP contribution in [0.1, 0.15) is 34.6 Å². The van der Waals surface area contributed by atoms with Gasteiger partial charge in [0.2, 0.25) is 0 Å². The molecule has 0 aromatic carbocycles. The molecule has 4 heterocycles. The van der Waals surface area contributed by atoms with E-state index in [1.807, 2.05) is 30.1 Å². The van der Waals surface area contributed by atoms with E-state index < -0.39 is 0 Å². The molecule has 1 aliphatic rings. The summed E-state index contributed by atoms with van der Waals surface area (Å²) in [6, 6.07) is 4.43. The lowest BCUT2D eigenvalue weighted by atomic mass is 10.1. The Hall–Kier alpha value is -2.02. The molecule has 2 N–H and O–H groups in total. The van der Waals surface area contributed by atoms with Gasteiger partial charge in [0.25, 0.3) is 0 Å². The van der Waals surface area contributed by atoms with Crippen molar-refractivity contribution in [1.29, 1.82) is 0 Å². The van der Waals surface area contributed by atoms with Crippen LogP contribution in [0.5, 0.6) is 0 Å². The zero-order chi connectivity index (χ0) is 19.5. The van der Waals surface area contributed by atoms with Gasteiger partial charge in [-0.2, -0.15) is 5.10 Å². The van der Waals surface area contributed by atoms with E-state index in [1.54, 1.807) is 11.3 Å². The number of hydrogen-bond donors (Lipinski definition) is 2. The fourth-order valence-electron chi connectivity index (χ4n) is 3.22. The van der Waals surface area contributed by atoms with E-state index in [4.69, 9.17) is 4.99 Å². The lowest BCUT2D eigenvalue weighted by Gasteiger charge is -2.25. The third-order valence-corrected chi connectivity index (χ3v) is 5.75. The number of hydrogen-bond acceptors (Lipinski definition) is 6. The molecule has 0 fully saturated rings. The minimum absolute atomic E-state index is 0. The van der Waals surface area contributed by atoms with E-state index in [-0.39, 0.29) is 30.0 Å². The summed E-state index contributed by atoms with van der Waals surface area (Å²) in [4.78, 5) is 10.5. The molecule has 4 rings (SSSR count). The van der Waals surface area contributed by atoms with E-state index >= 15 is 0 Å². The average Bonchev–Trinajstić information content (AvgIpc) is 3.39. The van der Waals surface area contributed by atoms with Crippen molar-refractivity contribution in [2.75, 3.05) is 0 Å². The molecule has 3 aromatic heterocycles. The first-order chi connectivity index (χ1) is 13.6. The van der Waals surface area contributed by atoms with Gasteiger partial charge in [0.1, 0.15) is 24.0 Å². The van der Waals surface area contributed by atoms with Gasteiger partial charge in [0, 0.05) is 24.4 Å². The van der Waals surface area contributed by atoms with Gasteiger partial charge in [-0.15, -0.1) is 45.5 Å². The van der Waals surface area contributed by atoms with Gasteiger partial charge in [-0.1, -0.05) is 6.07 Å². The largest absolute Gasteiger partial charge is 0.352 e. The molecule has 0 spiro atoms. The van der Waals surface area contributed by atoms with E-state index in [0.29, 0.717) is 6.54 Å². The van der Waals surface area contributed by atoms with Crippen LogP contribution < -0.4 is 10.6 Å². The predicted octanol–water partition coefficient (Wildman–Crippen LogP) is 1.95. The highest BCUT2D eigenvalue weighted by molar-refractivity contribution is 14.0. The molecule has 11 heteroatoms. The first kappa shape index (κ1) is 21.7. The molecule has 9 nitrogen and oxygen atoms in total.